The molecule has 3 nitrogen and oxygen atoms in total. The van der Waals surface area contributed by atoms with Gasteiger partial charge in [-0.3, -0.25) is 4.55 Å². The molecule has 0 amide bonds. The van der Waals surface area contributed by atoms with E-state index in [4.69, 9.17) is 13.0 Å². The van der Waals surface area contributed by atoms with E-state index in [1.807, 2.05) is 0 Å². The van der Waals surface area contributed by atoms with Crippen LogP contribution in [0.4, 0.5) is 13.2 Å². The average molecular weight is 662 g/mol. The van der Waals surface area contributed by atoms with Crippen LogP contribution in [0, 0.1) is 0 Å². The molecule has 8 heteroatoms. The Hall–Kier alpha value is 0.130. The zero-order valence-electron chi connectivity index (χ0n) is 29.0. The van der Waals surface area contributed by atoms with Crippen molar-refractivity contribution < 1.29 is 26.1 Å². The molecule has 0 fully saturated rings. The maximum absolute atomic E-state index is 10.7. The summed E-state index contributed by atoms with van der Waals surface area (Å²) in [7, 11) is -6.54. The van der Waals surface area contributed by atoms with Gasteiger partial charge in [0.2, 0.25) is 0 Å². The molecule has 0 spiro atoms. The fraction of sp³-hybridized carbons (Fsp3) is 1.00. The molecule has 1 N–H and O–H groups in total. The number of hydrogen-bond acceptors (Lipinski definition) is 2. The molecule has 0 aromatic rings. The summed E-state index contributed by atoms with van der Waals surface area (Å²) in [6, 6.07) is 0. The highest BCUT2D eigenvalue weighted by Crippen LogP contribution is 2.61. The summed E-state index contributed by atoms with van der Waals surface area (Å²) < 4.78 is 57.5. The topological polar surface area (TPSA) is 54.4 Å². The molecule has 0 aromatic carbocycles. The lowest BCUT2D eigenvalue weighted by atomic mass is 10.0. The maximum Gasteiger partial charge on any atom is 0.522 e. The second-order valence-electron chi connectivity index (χ2n) is 12.9. The van der Waals surface area contributed by atoms with Crippen LogP contribution in [0.3, 0.4) is 0 Å². The average Bonchev–Trinajstić information content (AvgIpc) is 2.95. The lowest BCUT2D eigenvalue weighted by molar-refractivity contribution is -0.0510. The smallest absolute Gasteiger partial charge is 0.279 e. The van der Waals surface area contributed by atoms with Gasteiger partial charge in [-0.05, 0) is 51.4 Å². The minimum absolute atomic E-state index is 0.701. The van der Waals surface area contributed by atoms with Crippen molar-refractivity contribution in [3.8, 4) is 0 Å². The molecule has 0 aliphatic carbocycles. The Kier molecular flexibility index (Phi) is 32.4. The summed E-state index contributed by atoms with van der Waals surface area (Å²) in [4.78, 5) is 0. The summed E-state index contributed by atoms with van der Waals surface area (Å²) in [5.74, 6) is 0. The molecule has 0 radical (unpaired) electrons. The largest absolute Gasteiger partial charge is 0.522 e. The van der Waals surface area contributed by atoms with Gasteiger partial charge in [0.15, 0.2) is 0 Å². The molecule has 0 aromatic heterocycles. The number of unbranched alkanes of at least 4 members (excludes halogenated alkanes) is 22. The van der Waals surface area contributed by atoms with Crippen molar-refractivity contribution in [1.82, 2.24) is 0 Å². The fourth-order valence-electron chi connectivity index (χ4n) is 5.93. The van der Waals surface area contributed by atoms with Crippen LogP contribution in [0.1, 0.15) is 195 Å². The van der Waals surface area contributed by atoms with Crippen LogP contribution in [0.2, 0.25) is 0 Å². The molecule has 43 heavy (non-hydrogen) atoms. The second-order valence-corrected chi connectivity index (χ2v) is 18.8. The molecule has 0 rings (SSSR count). The standard InChI is InChI=1S/C34H72P.CHF3O3S/c1-5-9-13-17-18-19-20-21-22-23-24-25-26-30-34-35(31-27-14-10-6-2,32-28-15-11-7-3)33-29-16-12-8-4;2-1(3,4)8(5,6)7/h5-34H2,1-4H3;(H,5,6,7)/q+1;. The third-order valence-corrected chi connectivity index (χ3v) is 14.4. The first-order valence-corrected chi connectivity index (χ1v) is 22.4. The number of rotatable bonds is 30. The van der Waals surface area contributed by atoms with Gasteiger partial charge in [-0.25, -0.2) is 0 Å². The van der Waals surface area contributed by atoms with Gasteiger partial charge in [0.05, 0.1) is 24.6 Å². The lowest BCUT2D eigenvalue weighted by Crippen LogP contribution is -2.21. The van der Waals surface area contributed by atoms with Gasteiger partial charge in [0, 0.05) is 7.26 Å². The van der Waals surface area contributed by atoms with Crippen LogP contribution in [0.5, 0.6) is 0 Å². The first-order chi connectivity index (χ1) is 20.5. The monoisotopic (exact) mass is 661 g/mol. The van der Waals surface area contributed by atoms with E-state index in [-0.39, 0.29) is 0 Å². The molecular weight excluding hydrogens is 588 g/mol. The first-order valence-electron chi connectivity index (χ1n) is 18.4. The zero-order chi connectivity index (χ0) is 32.7. The van der Waals surface area contributed by atoms with Crippen molar-refractivity contribution in [2.45, 2.75) is 200 Å². The minimum Gasteiger partial charge on any atom is -0.279 e. The molecule has 0 atom stereocenters. The van der Waals surface area contributed by atoms with Gasteiger partial charge < -0.3 is 0 Å². The van der Waals surface area contributed by atoms with Gasteiger partial charge in [-0.2, -0.15) is 21.6 Å². The molecule has 0 heterocycles. The van der Waals surface area contributed by atoms with Crippen molar-refractivity contribution >= 4 is 17.4 Å². The first kappa shape index (κ1) is 45.3. The van der Waals surface area contributed by atoms with Crippen LogP contribution in [-0.4, -0.2) is 43.1 Å². The van der Waals surface area contributed by atoms with E-state index in [0.717, 1.165) is 0 Å². The third kappa shape index (κ3) is 30.5. The number of hydrogen-bond donors (Lipinski definition) is 1. The molecule has 0 bridgehead atoms. The normalized spacial score (nSPS) is 12.4. The number of halogens is 3. The summed E-state index contributed by atoms with van der Waals surface area (Å²) in [5, 5.41) is 0. The van der Waals surface area contributed by atoms with Crippen LogP contribution in [-0.2, 0) is 10.1 Å². The van der Waals surface area contributed by atoms with Crippen molar-refractivity contribution in [3.05, 3.63) is 0 Å². The van der Waals surface area contributed by atoms with Crippen LogP contribution in [0.25, 0.3) is 0 Å². The zero-order valence-corrected chi connectivity index (χ0v) is 30.7. The molecule has 0 saturated carbocycles. The van der Waals surface area contributed by atoms with Crippen molar-refractivity contribution in [3.63, 3.8) is 0 Å². The van der Waals surface area contributed by atoms with E-state index in [1.54, 1.807) is 50.3 Å². The van der Waals surface area contributed by atoms with Gasteiger partial charge in [-0.15, -0.1) is 0 Å². The van der Waals surface area contributed by atoms with Crippen LogP contribution < -0.4 is 0 Å². The number of alkyl halides is 3. The van der Waals surface area contributed by atoms with Crippen molar-refractivity contribution in [2.75, 3.05) is 24.6 Å². The summed E-state index contributed by atoms with van der Waals surface area (Å²) in [6.07, 6.45) is 45.1. The Morgan fingerprint density at radius 3 is 0.767 bits per heavy atom. The lowest BCUT2D eigenvalue weighted by Gasteiger charge is -2.28. The van der Waals surface area contributed by atoms with E-state index in [9.17, 15) is 13.2 Å². The predicted octanol–water partition coefficient (Wildman–Crippen LogP) is 13.6. The molecule has 262 valence electrons. The van der Waals surface area contributed by atoms with Gasteiger partial charge in [0.1, 0.15) is 0 Å². The molecule has 0 aliphatic rings. The van der Waals surface area contributed by atoms with Crippen LogP contribution in [0.15, 0.2) is 0 Å². The highest BCUT2D eigenvalue weighted by atomic mass is 32.2. The van der Waals surface area contributed by atoms with Gasteiger partial charge in [0.25, 0.3) is 0 Å². The van der Waals surface area contributed by atoms with E-state index in [1.165, 1.54) is 141 Å². The van der Waals surface area contributed by atoms with E-state index in [2.05, 4.69) is 27.7 Å². The summed E-state index contributed by atoms with van der Waals surface area (Å²) in [6.45, 7) is 9.42. The molecule has 0 aliphatic heterocycles. The second kappa shape index (κ2) is 30.8. The maximum atomic E-state index is 10.7. The molecule has 0 saturated heterocycles. The minimum atomic E-state index is -5.84. The summed E-state index contributed by atoms with van der Waals surface area (Å²) in [5.41, 5.74) is -5.53. The highest BCUT2D eigenvalue weighted by Gasteiger charge is 2.44. The Labute approximate surface area is 267 Å². The van der Waals surface area contributed by atoms with Crippen molar-refractivity contribution in [2.24, 2.45) is 0 Å². The SMILES string of the molecule is CCCCCCCCCCCCCCCC[P+](CCCCCC)(CCCCCC)CCCCCC.O=S(=O)(O)C(F)(F)F. The Morgan fingerprint density at radius 2 is 0.581 bits per heavy atom. The van der Waals surface area contributed by atoms with Crippen molar-refractivity contribution in [1.29, 1.82) is 0 Å². The molecule has 0 unspecified atom stereocenters. The fourth-order valence-corrected chi connectivity index (χ4v) is 10.9. The summed E-state index contributed by atoms with van der Waals surface area (Å²) >= 11 is 0. The van der Waals surface area contributed by atoms with E-state index in [0.29, 0.717) is 0 Å². The predicted molar refractivity (Wildman–Crippen MR) is 187 cm³/mol. The Bertz CT molecular complexity index is 640. The quantitative estimate of drug-likeness (QED) is 0.0361. The van der Waals surface area contributed by atoms with E-state index < -0.39 is 22.9 Å². The third-order valence-electron chi connectivity index (χ3n) is 8.74. The van der Waals surface area contributed by atoms with E-state index >= 15 is 0 Å². The molecular formula is C35H73F3O3PS+. The van der Waals surface area contributed by atoms with Gasteiger partial charge >= 0.3 is 15.6 Å². The highest BCUT2D eigenvalue weighted by molar-refractivity contribution is 7.86. The Balaban J connectivity index is 0. The Morgan fingerprint density at radius 1 is 0.419 bits per heavy atom. The van der Waals surface area contributed by atoms with Crippen LogP contribution >= 0.6 is 7.26 Å². The van der Waals surface area contributed by atoms with Gasteiger partial charge in [-0.1, -0.05) is 143 Å².